The van der Waals surface area contributed by atoms with Gasteiger partial charge in [0.2, 0.25) is 16.0 Å². The molecule has 0 radical (unpaired) electrons. The molecule has 0 amide bonds. The van der Waals surface area contributed by atoms with Crippen LogP contribution >= 0.6 is 0 Å². The summed E-state index contributed by atoms with van der Waals surface area (Å²) in [4.78, 5) is 6.90. The number of nitrogens with two attached hydrogens (primary N) is 1. The first-order chi connectivity index (χ1) is 11.1. The summed E-state index contributed by atoms with van der Waals surface area (Å²) in [5.41, 5.74) is 4.28. The standard InChI is InChI=1S/C12H18F3N5O3S/c1-2-24(21,22)20-3-4-23-8(7-20)5-17-10-9(12(13,14)15)6-18-11(16)19-10/h6,8H,2-5,7H2,1H3,(H3,16,17,18,19). The monoisotopic (exact) mass is 369 g/mol. The molecule has 0 saturated carbocycles. The second-order valence-corrected chi connectivity index (χ2v) is 7.38. The molecule has 12 heteroatoms. The van der Waals surface area contributed by atoms with Gasteiger partial charge in [-0.3, -0.25) is 0 Å². The summed E-state index contributed by atoms with van der Waals surface area (Å²) in [6, 6.07) is 0. The largest absolute Gasteiger partial charge is 0.421 e. The van der Waals surface area contributed by atoms with Gasteiger partial charge in [0, 0.05) is 25.8 Å². The van der Waals surface area contributed by atoms with E-state index in [4.69, 9.17) is 10.5 Å². The Morgan fingerprint density at radius 1 is 1.50 bits per heavy atom. The maximum absolute atomic E-state index is 12.9. The number of alkyl halides is 3. The topological polar surface area (TPSA) is 110 Å². The number of nitrogens with one attached hydrogen (secondary N) is 1. The Kier molecular flexibility index (Phi) is 5.50. The molecule has 1 fully saturated rings. The number of aromatic nitrogens is 2. The summed E-state index contributed by atoms with van der Waals surface area (Å²) in [6.45, 7) is 1.93. The molecule has 0 aliphatic carbocycles. The smallest absolute Gasteiger partial charge is 0.374 e. The Morgan fingerprint density at radius 2 is 2.21 bits per heavy atom. The maximum atomic E-state index is 12.9. The Morgan fingerprint density at radius 3 is 2.83 bits per heavy atom. The summed E-state index contributed by atoms with van der Waals surface area (Å²) >= 11 is 0. The van der Waals surface area contributed by atoms with Crippen molar-refractivity contribution in [3.05, 3.63) is 11.8 Å². The zero-order valence-electron chi connectivity index (χ0n) is 12.9. The lowest BCUT2D eigenvalue weighted by atomic mass is 10.2. The average Bonchev–Trinajstić information content (AvgIpc) is 2.52. The van der Waals surface area contributed by atoms with Crippen LogP contribution in [0.3, 0.4) is 0 Å². The van der Waals surface area contributed by atoms with E-state index in [0.29, 0.717) is 6.20 Å². The number of hydrogen-bond acceptors (Lipinski definition) is 7. The average molecular weight is 369 g/mol. The van der Waals surface area contributed by atoms with Crippen molar-refractivity contribution in [3.63, 3.8) is 0 Å². The lowest BCUT2D eigenvalue weighted by molar-refractivity contribution is -0.137. The molecule has 1 aliphatic rings. The molecule has 0 bridgehead atoms. The minimum atomic E-state index is -4.64. The highest BCUT2D eigenvalue weighted by Gasteiger charge is 2.35. The fourth-order valence-corrected chi connectivity index (χ4v) is 3.31. The van der Waals surface area contributed by atoms with Crippen LogP contribution in [-0.2, 0) is 20.9 Å². The molecule has 0 aromatic carbocycles. The molecule has 1 aliphatic heterocycles. The van der Waals surface area contributed by atoms with Gasteiger partial charge < -0.3 is 15.8 Å². The third kappa shape index (κ3) is 4.45. The third-order valence-corrected chi connectivity index (χ3v) is 5.32. The lowest BCUT2D eigenvalue weighted by Crippen LogP contribution is -2.48. The molecule has 2 rings (SSSR count). The van der Waals surface area contributed by atoms with Crippen molar-refractivity contribution in [2.45, 2.75) is 19.2 Å². The number of nitrogens with zero attached hydrogens (tertiary/aromatic N) is 3. The van der Waals surface area contributed by atoms with Gasteiger partial charge in [-0.15, -0.1) is 0 Å². The van der Waals surface area contributed by atoms with Crippen LogP contribution in [0.1, 0.15) is 12.5 Å². The van der Waals surface area contributed by atoms with Gasteiger partial charge in [0.05, 0.1) is 18.5 Å². The second kappa shape index (κ2) is 7.07. The molecule has 8 nitrogen and oxygen atoms in total. The van der Waals surface area contributed by atoms with Gasteiger partial charge in [-0.2, -0.15) is 22.5 Å². The van der Waals surface area contributed by atoms with E-state index >= 15 is 0 Å². The Hall–Kier alpha value is -1.66. The molecule has 1 saturated heterocycles. The minimum absolute atomic E-state index is 0.0464. The molecule has 2 heterocycles. The quantitative estimate of drug-likeness (QED) is 0.779. The van der Waals surface area contributed by atoms with Crippen molar-refractivity contribution in [2.75, 3.05) is 43.0 Å². The van der Waals surface area contributed by atoms with Gasteiger partial charge in [0.1, 0.15) is 11.4 Å². The van der Waals surface area contributed by atoms with E-state index in [-0.39, 0.29) is 37.9 Å². The number of rotatable bonds is 5. The minimum Gasteiger partial charge on any atom is -0.374 e. The van der Waals surface area contributed by atoms with Crippen LogP contribution in [-0.4, -0.2) is 60.8 Å². The van der Waals surface area contributed by atoms with E-state index in [9.17, 15) is 21.6 Å². The number of morpholine rings is 1. The van der Waals surface area contributed by atoms with Crippen molar-refractivity contribution >= 4 is 21.8 Å². The third-order valence-electron chi connectivity index (χ3n) is 3.47. The first-order valence-electron chi connectivity index (χ1n) is 7.16. The molecule has 136 valence electrons. The number of anilines is 2. The van der Waals surface area contributed by atoms with Crippen LogP contribution in [0.25, 0.3) is 0 Å². The van der Waals surface area contributed by atoms with Crippen LogP contribution in [0.5, 0.6) is 0 Å². The van der Waals surface area contributed by atoms with E-state index in [1.165, 1.54) is 11.2 Å². The van der Waals surface area contributed by atoms with Gasteiger partial charge in [0.25, 0.3) is 0 Å². The van der Waals surface area contributed by atoms with Crippen molar-refractivity contribution in [3.8, 4) is 0 Å². The first-order valence-corrected chi connectivity index (χ1v) is 8.77. The van der Waals surface area contributed by atoms with Crippen molar-refractivity contribution < 1.29 is 26.3 Å². The molecule has 3 N–H and O–H groups in total. The van der Waals surface area contributed by atoms with Crippen LogP contribution in [0, 0.1) is 0 Å². The van der Waals surface area contributed by atoms with E-state index < -0.39 is 33.7 Å². The van der Waals surface area contributed by atoms with Gasteiger partial charge in [-0.25, -0.2) is 13.4 Å². The van der Waals surface area contributed by atoms with Crippen molar-refractivity contribution in [2.24, 2.45) is 0 Å². The number of sulfonamides is 1. The Labute approximate surface area is 137 Å². The van der Waals surface area contributed by atoms with E-state index in [1.54, 1.807) is 0 Å². The highest BCUT2D eigenvalue weighted by Crippen LogP contribution is 2.33. The number of ether oxygens (including phenoxy) is 1. The highest BCUT2D eigenvalue weighted by molar-refractivity contribution is 7.89. The van der Waals surface area contributed by atoms with Crippen molar-refractivity contribution in [1.82, 2.24) is 14.3 Å². The molecule has 1 aromatic heterocycles. The fraction of sp³-hybridized carbons (Fsp3) is 0.667. The molecular weight excluding hydrogens is 351 g/mol. The van der Waals surface area contributed by atoms with Gasteiger partial charge in [0.15, 0.2) is 0 Å². The first kappa shape index (κ1) is 18.7. The zero-order chi connectivity index (χ0) is 18.0. The van der Waals surface area contributed by atoms with E-state index in [0.717, 1.165) is 0 Å². The summed E-state index contributed by atoms with van der Waals surface area (Å²) in [6.07, 6.45) is -4.64. The van der Waals surface area contributed by atoms with Gasteiger partial charge in [-0.05, 0) is 6.92 Å². The molecule has 1 atom stereocenters. The predicted octanol–water partition coefficient (Wildman–Crippen LogP) is 0.540. The SMILES string of the molecule is CCS(=O)(=O)N1CCOC(CNc2nc(N)ncc2C(F)(F)F)C1. The highest BCUT2D eigenvalue weighted by atomic mass is 32.2. The van der Waals surface area contributed by atoms with Crippen LogP contribution in [0.2, 0.25) is 0 Å². The number of halogens is 3. The second-order valence-electron chi connectivity index (χ2n) is 5.12. The Balaban J connectivity index is 2.07. The summed E-state index contributed by atoms with van der Waals surface area (Å²) < 4.78 is 69.2. The number of nitrogen functional groups attached to an aromatic ring is 1. The fourth-order valence-electron chi connectivity index (χ4n) is 2.20. The van der Waals surface area contributed by atoms with Gasteiger partial charge >= 0.3 is 6.18 Å². The van der Waals surface area contributed by atoms with Crippen LogP contribution in [0.4, 0.5) is 24.9 Å². The van der Waals surface area contributed by atoms with E-state index in [1.807, 2.05) is 0 Å². The normalized spacial score (nSPS) is 20.1. The molecule has 24 heavy (non-hydrogen) atoms. The Bertz CT molecular complexity index is 683. The summed E-state index contributed by atoms with van der Waals surface area (Å²) in [5.74, 6) is -0.812. The predicted molar refractivity (Wildman–Crippen MR) is 80.7 cm³/mol. The zero-order valence-corrected chi connectivity index (χ0v) is 13.7. The summed E-state index contributed by atoms with van der Waals surface area (Å²) in [7, 11) is -3.38. The maximum Gasteiger partial charge on any atom is 0.421 e. The van der Waals surface area contributed by atoms with Crippen LogP contribution < -0.4 is 11.1 Å². The molecule has 1 unspecified atom stereocenters. The van der Waals surface area contributed by atoms with Crippen LogP contribution in [0.15, 0.2) is 6.20 Å². The lowest BCUT2D eigenvalue weighted by Gasteiger charge is -2.32. The van der Waals surface area contributed by atoms with E-state index in [2.05, 4.69) is 15.3 Å². The summed E-state index contributed by atoms with van der Waals surface area (Å²) in [5, 5.41) is 2.52. The van der Waals surface area contributed by atoms with Gasteiger partial charge in [-0.1, -0.05) is 0 Å². The molecule has 0 spiro atoms. The molecule has 1 aromatic rings. The molecular formula is C12H18F3N5O3S. The number of hydrogen-bond donors (Lipinski definition) is 2. The van der Waals surface area contributed by atoms with Crippen molar-refractivity contribution in [1.29, 1.82) is 0 Å².